The lowest BCUT2D eigenvalue weighted by atomic mass is 10.0. The molecule has 0 unspecified atom stereocenters. The Morgan fingerprint density at radius 1 is 1.00 bits per heavy atom. The molecule has 0 bridgehead atoms. The highest BCUT2D eigenvalue weighted by atomic mass is 35.5. The van der Waals surface area contributed by atoms with Gasteiger partial charge in [-0.25, -0.2) is 8.42 Å². The first-order valence-electron chi connectivity index (χ1n) is 11.1. The number of rotatable bonds is 10. The minimum atomic E-state index is -4.05. The fourth-order valence-corrected chi connectivity index (χ4v) is 5.44. The van der Waals surface area contributed by atoms with Crippen LogP contribution in [0.4, 0.5) is 5.69 Å². The lowest BCUT2D eigenvalue weighted by Crippen LogP contribution is -2.42. The molecule has 3 aromatic rings. The zero-order valence-electron chi connectivity index (χ0n) is 20.1. The van der Waals surface area contributed by atoms with Crippen molar-refractivity contribution in [3.05, 3.63) is 82.9 Å². The third-order valence-electron chi connectivity index (χ3n) is 5.61. The summed E-state index contributed by atoms with van der Waals surface area (Å²) in [6, 6.07) is 18.0. The molecule has 1 atom stereocenters. The van der Waals surface area contributed by atoms with Crippen molar-refractivity contribution >= 4 is 33.2 Å². The van der Waals surface area contributed by atoms with Crippen LogP contribution in [0, 0.1) is 6.92 Å². The molecule has 0 spiro atoms. The van der Waals surface area contributed by atoms with Gasteiger partial charge in [0.15, 0.2) is 0 Å². The van der Waals surface area contributed by atoms with Crippen molar-refractivity contribution in [1.29, 1.82) is 0 Å². The third kappa shape index (κ3) is 6.07. The maximum absolute atomic E-state index is 13.5. The molecule has 1 amide bonds. The number of carbonyl (C=O) groups excluding carboxylic acids is 1. The summed E-state index contributed by atoms with van der Waals surface area (Å²) in [6.45, 7) is 3.45. The van der Waals surface area contributed by atoms with Gasteiger partial charge in [0.2, 0.25) is 5.91 Å². The molecule has 0 radical (unpaired) electrons. The molecule has 186 valence electrons. The molecule has 0 aliphatic carbocycles. The number of hydrogen-bond donors (Lipinski definition) is 1. The van der Waals surface area contributed by atoms with Gasteiger partial charge in [0.1, 0.15) is 18.0 Å². The molecule has 9 heteroatoms. The maximum atomic E-state index is 13.5. The fourth-order valence-electron chi connectivity index (χ4n) is 3.76. The predicted octanol–water partition coefficient (Wildman–Crippen LogP) is 5.13. The Bertz CT molecular complexity index is 1280. The Balaban J connectivity index is 1.93. The van der Waals surface area contributed by atoms with Crippen molar-refractivity contribution in [2.24, 2.45) is 0 Å². The summed E-state index contributed by atoms with van der Waals surface area (Å²) in [7, 11) is -0.976. The first kappa shape index (κ1) is 26.4. The van der Waals surface area contributed by atoms with Crippen LogP contribution in [0.15, 0.2) is 71.6 Å². The Hall–Kier alpha value is -3.23. The molecule has 0 aromatic heterocycles. The first-order chi connectivity index (χ1) is 16.7. The van der Waals surface area contributed by atoms with E-state index in [4.69, 9.17) is 21.1 Å². The van der Waals surface area contributed by atoms with Crippen molar-refractivity contribution in [3.8, 4) is 11.5 Å². The number of amides is 1. The van der Waals surface area contributed by atoms with Crippen molar-refractivity contribution in [1.82, 2.24) is 5.32 Å². The second kappa shape index (κ2) is 11.5. The summed E-state index contributed by atoms with van der Waals surface area (Å²) in [4.78, 5) is 13.2. The molecule has 0 saturated heterocycles. The molecule has 3 aromatic carbocycles. The number of aryl methyl sites for hydroxylation is 1. The van der Waals surface area contributed by atoms with Gasteiger partial charge in [-0.1, -0.05) is 48.9 Å². The van der Waals surface area contributed by atoms with E-state index in [1.54, 1.807) is 37.4 Å². The second-order valence-corrected chi connectivity index (χ2v) is 10.2. The van der Waals surface area contributed by atoms with Gasteiger partial charge >= 0.3 is 0 Å². The second-order valence-electron chi connectivity index (χ2n) is 7.90. The molecule has 35 heavy (non-hydrogen) atoms. The smallest absolute Gasteiger partial charge is 0.264 e. The molecule has 1 N–H and O–H groups in total. The van der Waals surface area contributed by atoms with E-state index in [9.17, 15) is 13.2 Å². The highest BCUT2D eigenvalue weighted by Gasteiger charge is 2.28. The maximum Gasteiger partial charge on any atom is 0.264 e. The zero-order valence-corrected chi connectivity index (χ0v) is 21.7. The number of anilines is 1. The minimum absolute atomic E-state index is 0.0672. The summed E-state index contributed by atoms with van der Waals surface area (Å²) in [5.41, 5.74) is 2.10. The van der Waals surface area contributed by atoms with Crippen LogP contribution in [0.25, 0.3) is 0 Å². The normalized spacial score (nSPS) is 12.0. The predicted molar refractivity (Wildman–Crippen MR) is 138 cm³/mol. The molecule has 3 rings (SSSR count). The number of hydrogen-bond acceptors (Lipinski definition) is 5. The quantitative estimate of drug-likeness (QED) is 0.404. The van der Waals surface area contributed by atoms with Crippen LogP contribution in [0.1, 0.15) is 30.5 Å². The van der Waals surface area contributed by atoms with Crippen LogP contribution in [-0.2, 0) is 14.8 Å². The van der Waals surface area contributed by atoms with E-state index in [1.807, 2.05) is 32.0 Å². The molecule has 0 aliphatic rings. The lowest BCUT2D eigenvalue weighted by molar-refractivity contribution is -0.120. The molecular formula is C26H29ClN2O5S. The van der Waals surface area contributed by atoms with E-state index in [2.05, 4.69) is 5.32 Å². The van der Waals surface area contributed by atoms with Crippen LogP contribution in [0.3, 0.4) is 0 Å². The zero-order chi connectivity index (χ0) is 25.6. The average molecular weight is 517 g/mol. The van der Waals surface area contributed by atoms with Crippen LogP contribution in [-0.4, -0.2) is 35.1 Å². The number of benzene rings is 3. The van der Waals surface area contributed by atoms with Crippen molar-refractivity contribution in [2.75, 3.05) is 25.1 Å². The number of sulfonamides is 1. The standard InChI is InChI=1S/C26H29ClN2O5S/c1-5-23(19-11-13-24(33-3)18(2)15-19)28-26(30)17-29(20-12-14-25(34-4)22(27)16-20)35(31,32)21-9-7-6-8-10-21/h6-16,23H,5,17H2,1-4H3,(H,28,30)/t23-/m0/s1. The average Bonchev–Trinajstić information content (AvgIpc) is 2.86. The van der Waals surface area contributed by atoms with Crippen molar-refractivity contribution in [3.63, 3.8) is 0 Å². The van der Waals surface area contributed by atoms with Gasteiger partial charge in [0.25, 0.3) is 10.0 Å². The summed E-state index contributed by atoms with van der Waals surface area (Å²) < 4.78 is 38.6. The largest absolute Gasteiger partial charge is 0.496 e. The Morgan fingerprint density at radius 2 is 1.66 bits per heavy atom. The van der Waals surface area contributed by atoms with E-state index >= 15 is 0 Å². The van der Waals surface area contributed by atoms with E-state index < -0.39 is 22.5 Å². The van der Waals surface area contributed by atoms with Crippen molar-refractivity contribution in [2.45, 2.75) is 31.2 Å². The molecule has 0 saturated carbocycles. The van der Waals surface area contributed by atoms with Crippen LogP contribution in [0.2, 0.25) is 5.02 Å². The van der Waals surface area contributed by atoms with Gasteiger partial charge in [-0.05, 0) is 60.9 Å². The molecular weight excluding hydrogens is 488 g/mol. The number of methoxy groups -OCH3 is 2. The Kier molecular flexibility index (Phi) is 8.64. The van der Waals surface area contributed by atoms with E-state index in [1.165, 1.54) is 25.3 Å². The third-order valence-corrected chi connectivity index (χ3v) is 7.69. The van der Waals surface area contributed by atoms with Gasteiger partial charge in [-0.3, -0.25) is 9.10 Å². The fraction of sp³-hybridized carbons (Fsp3) is 0.269. The van der Waals surface area contributed by atoms with E-state index in [-0.39, 0.29) is 21.6 Å². The SMILES string of the molecule is CC[C@H](NC(=O)CN(c1ccc(OC)c(Cl)c1)S(=O)(=O)c1ccccc1)c1ccc(OC)c(C)c1. The van der Waals surface area contributed by atoms with Crippen LogP contribution < -0.4 is 19.1 Å². The van der Waals surface area contributed by atoms with E-state index in [0.717, 1.165) is 21.2 Å². The molecule has 0 heterocycles. The summed E-state index contributed by atoms with van der Waals surface area (Å²) in [5, 5.41) is 3.20. The lowest BCUT2D eigenvalue weighted by Gasteiger charge is -2.26. The van der Waals surface area contributed by atoms with E-state index in [0.29, 0.717) is 12.2 Å². The number of nitrogens with one attached hydrogen (secondary N) is 1. The van der Waals surface area contributed by atoms with Gasteiger partial charge in [-0.15, -0.1) is 0 Å². The van der Waals surface area contributed by atoms with Gasteiger partial charge in [0, 0.05) is 0 Å². The Labute approximate surface area is 211 Å². The topological polar surface area (TPSA) is 84.9 Å². The Morgan fingerprint density at radius 3 is 2.23 bits per heavy atom. The van der Waals surface area contributed by atoms with Crippen LogP contribution >= 0.6 is 11.6 Å². The first-order valence-corrected chi connectivity index (χ1v) is 12.9. The summed E-state index contributed by atoms with van der Waals surface area (Å²) >= 11 is 6.28. The van der Waals surface area contributed by atoms with Gasteiger partial charge in [0.05, 0.1) is 35.9 Å². The highest BCUT2D eigenvalue weighted by Crippen LogP contribution is 2.32. The molecule has 0 aliphatic heterocycles. The summed E-state index contributed by atoms with van der Waals surface area (Å²) in [6.07, 6.45) is 0.622. The number of halogens is 1. The number of ether oxygens (including phenoxy) is 2. The van der Waals surface area contributed by atoms with Gasteiger partial charge < -0.3 is 14.8 Å². The monoisotopic (exact) mass is 516 g/mol. The molecule has 7 nitrogen and oxygen atoms in total. The number of carbonyl (C=O) groups is 1. The minimum Gasteiger partial charge on any atom is -0.496 e. The highest BCUT2D eigenvalue weighted by molar-refractivity contribution is 7.92. The summed E-state index contributed by atoms with van der Waals surface area (Å²) in [5.74, 6) is 0.709. The van der Waals surface area contributed by atoms with Crippen molar-refractivity contribution < 1.29 is 22.7 Å². The number of nitrogens with zero attached hydrogens (tertiary/aromatic N) is 1. The molecule has 0 fully saturated rings. The van der Waals surface area contributed by atoms with Gasteiger partial charge in [-0.2, -0.15) is 0 Å². The van der Waals surface area contributed by atoms with Crippen LogP contribution in [0.5, 0.6) is 11.5 Å².